The summed E-state index contributed by atoms with van der Waals surface area (Å²) in [6, 6.07) is 11.7. The molecule has 0 aliphatic heterocycles. The highest BCUT2D eigenvalue weighted by molar-refractivity contribution is 5.96. The lowest BCUT2D eigenvalue weighted by molar-refractivity contribution is -0.121. The van der Waals surface area contributed by atoms with Crippen LogP contribution in [0.25, 0.3) is 11.3 Å². The number of aryl methyl sites for hydroxylation is 1. The number of carbonyl (C=O) groups excluding carboxylic acids is 2. The molecule has 29 heavy (non-hydrogen) atoms. The molecule has 0 saturated carbocycles. The molecule has 1 amide bonds. The van der Waals surface area contributed by atoms with E-state index in [0.29, 0.717) is 5.56 Å². The number of halogens is 2. The highest BCUT2D eigenvalue weighted by Gasteiger charge is 2.15. The number of amides is 1. The van der Waals surface area contributed by atoms with Gasteiger partial charge in [-0.2, -0.15) is 0 Å². The zero-order chi connectivity index (χ0) is 20.8. The molecule has 1 heterocycles. The van der Waals surface area contributed by atoms with Gasteiger partial charge in [0, 0.05) is 36.9 Å². The van der Waals surface area contributed by atoms with Crippen LogP contribution in [0.5, 0.6) is 0 Å². The van der Waals surface area contributed by atoms with Crippen LogP contribution in [0.1, 0.15) is 36.0 Å². The third kappa shape index (κ3) is 5.57. The molecule has 0 radical (unpaired) electrons. The van der Waals surface area contributed by atoms with E-state index in [4.69, 9.17) is 4.42 Å². The summed E-state index contributed by atoms with van der Waals surface area (Å²) in [4.78, 5) is 28.3. The van der Waals surface area contributed by atoms with Crippen molar-refractivity contribution in [2.45, 2.75) is 32.2 Å². The van der Waals surface area contributed by atoms with Gasteiger partial charge in [0.05, 0.1) is 11.8 Å². The van der Waals surface area contributed by atoms with E-state index in [9.17, 15) is 18.4 Å². The average Bonchev–Trinajstić information content (AvgIpc) is 3.15. The van der Waals surface area contributed by atoms with Gasteiger partial charge in [-0.25, -0.2) is 13.8 Å². The number of nitrogens with one attached hydrogen (secondary N) is 1. The van der Waals surface area contributed by atoms with Crippen LogP contribution < -0.4 is 5.32 Å². The number of nitrogens with zero attached hydrogens (tertiary/aromatic N) is 1. The predicted octanol–water partition coefficient (Wildman–Crippen LogP) is 4.33. The molecule has 0 fully saturated rings. The van der Waals surface area contributed by atoms with E-state index in [0.717, 1.165) is 12.1 Å². The summed E-state index contributed by atoms with van der Waals surface area (Å²) in [7, 11) is 0. The molecule has 7 heteroatoms. The second-order valence-electron chi connectivity index (χ2n) is 6.70. The van der Waals surface area contributed by atoms with Gasteiger partial charge in [-0.15, -0.1) is 0 Å². The number of carbonyl (C=O) groups is 2. The third-order valence-electron chi connectivity index (χ3n) is 4.31. The van der Waals surface area contributed by atoms with Crippen molar-refractivity contribution in [2.75, 3.05) is 0 Å². The first-order valence-electron chi connectivity index (χ1n) is 9.20. The zero-order valence-electron chi connectivity index (χ0n) is 15.8. The smallest absolute Gasteiger partial charge is 0.220 e. The fourth-order valence-corrected chi connectivity index (χ4v) is 2.88. The van der Waals surface area contributed by atoms with Gasteiger partial charge in [0.1, 0.15) is 11.6 Å². The van der Waals surface area contributed by atoms with Crippen LogP contribution in [0.15, 0.2) is 59.1 Å². The first kappa shape index (κ1) is 20.4. The molecule has 150 valence electrons. The van der Waals surface area contributed by atoms with Crippen molar-refractivity contribution in [3.8, 4) is 11.3 Å². The molecule has 0 aliphatic carbocycles. The van der Waals surface area contributed by atoms with Gasteiger partial charge in [0.2, 0.25) is 5.91 Å². The van der Waals surface area contributed by atoms with Crippen LogP contribution in [-0.2, 0) is 11.2 Å². The average molecular weight is 398 g/mol. The number of hydrogen-bond donors (Lipinski definition) is 1. The summed E-state index contributed by atoms with van der Waals surface area (Å²) in [5, 5.41) is 2.77. The van der Waals surface area contributed by atoms with Gasteiger partial charge in [-0.1, -0.05) is 30.3 Å². The van der Waals surface area contributed by atoms with Gasteiger partial charge >= 0.3 is 0 Å². The van der Waals surface area contributed by atoms with E-state index < -0.39 is 11.6 Å². The predicted molar refractivity (Wildman–Crippen MR) is 103 cm³/mol. The maximum atomic E-state index is 13.8. The van der Waals surface area contributed by atoms with Crippen LogP contribution in [0, 0.1) is 11.6 Å². The fourth-order valence-electron chi connectivity index (χ4n) is 2.88. The molecule has 5 nitrogen and oxygen atoms in total. The van der Waals surface area contributed by atoms with Crippen LogP contribution in [-0.4, -0.2) is 22.7 Å². The van der Waals surface area contributed by atoms with Gasteiger partial charge in [-0.05, 0) is 19.1 Å². The van der Waals surface area contributed by atoms with E-state index >= 15 is 0 Å². The van der Waals surface area contributed by atoms with Gasteiger partial charge in [0.15, 0.2) is 17.4 Å². The fraction of sp³-hybridized carbons (Fsp3) is 0.227. The molecule has 1 unspecified atom stereocenters. The Hall–Kier alpha value is -3.35. The minimum Gasteiger partial charge on any atom is -0.441 e. The Kier molecular flexibility index (Phi) is 6.49. The van der Waals surface area contributed by atoms with Gasteiger partial charge in [0.25, 0.3) is 0 Å². The standard InChI is InChI=1S/C22H20F2N2O3/c1-14(11-19(27)15-5-3-2-4-6-15)26-21(28)9-10-22-25-13-20(29-22)17-8-7-16(23)12-18(17)24/h2-8,12-14H,9-11H2,1H3,(H,26,28). The molecular weight excluding hydrogens is 378 g/mol. The Labute approximate surface area is 166 Å². The van der Waals surface area contributed by atoms with Crippen molar-refractivity contribution >= 4 is 11.7 Å². The number of aromatic nitrogens is 1. The molecular formula is C22H20F2N2O3. The monoisotopic (exact) mass is 398 g/mol. The summed E-state index contributed by atoms with van der Waals surface area (Å²) >= 11 is 0. The number of benzene rings is 2. The lowest BCUT2D eigenvalue weighted by atomic mass is 10.0. The SMILES string of the molecule is CC(CC(=O)c1ccccc1)NC(=O)CCc1ncc(-c2ccc(F)cc2F)o1. The maximum absolute atomic E-state index is 13.8. The molecule has 3 rings (SSSR count). The number of ketones is 1. The zero-order valence-corrected chi connectivity index (χ0v) is 15.8. The van der Waals surface area contributed by atoms with Crippen molar-refractivity contribution in [1.29, 1.82) is 0 Å². The van der Waals surface area contributed by atoms with Crippen LogP contribution >= 0.6 is 0 Å². The van der Waals surface area contributed by atoms with Crippen LogP contribution in [0.2, 0.25) is 0 Å². The summed E-state index contributed by atoms with van der Waals surface area (Å²) in [6.07, 6.45) is 1.86. The van der Waals surface area contributed by atoms with Crippen molar-refractivity contribution in [3.05, 3.63) is 77.8 Å². The summed E-state index contributed by atoms with van der Waals surface area (Å²) in [5.41, 5.74) is 0.705. The van der Waals surface area contributed by atoms with Crippen molar-refractivity contribution in [3.63, 3.8) is 0 Å². The quantitative estimate of drug-likeness (QED) is 0.573. The van der Waals surface area contributed by atoms with E-state index in [2.05, 4.69) is 10.3 Å². The molecule has 0 bridgehead atoms. The lowest BCUT2D eigenvalue weighted by Crippen LogP contribution is -2.34. The summed E-state index contributed by atoms with van der Waals surface area (Å²) in [5.74, 6) is -1.28. The minimum atomic E-state index is -0.748. The molecule has 3 aromatic rings. The largest absolute Gasteiger partial charge is 0.441 e. The molecule has 1 aromatic heterocycles. The van der Waals surface area contributed by atoms with Gasteiger partial charge < -0.3 is 9.73 Å². The van der Waals surface area contributed by atoms with Crippen molar-refractivity contribution in [1.82, 2.24) is 10.3 Å². The summed E-state index contributed by atoms with van der Waals surface area (Å²) < 4.78 is 32.3. The minimum absolute atomic E-state index is 0.0444. The molecule has 1 atom stereocenters. The Morgan fingerprint density at radius 3 is 2.62 bits per heavy atom. The topological polar surface area (TPSA) is 72.2 Å². The molecule has 0 saturated heterocycles. The number of Topliss-reactive ketones (excluding diaryl/α,β-unsaturated/α-hetero) is 1. The molecule has 0 spiro atoms. The Balaban J connectivity index is 1.49. The number of oxazole rings is 1. The van der Waals surface area contributed by atoms with Crippen LogP contribution in [0.4, 0.5) is 8.78 Å². The normalized spacial score (nSPS) is 11.8. The lowest BCUT2D eigenvalue weighted by Gasteiger charge is -2.13. The number of rotatable bonds is 8. The Morgan fingerprint density at radius 1 is 1.14 bits per heavy atom. The molecule has 0 aliphatic rings. The molecule has 2 aromatic carbocycles. The maximum Gasteiger partial charge on any atom is 0.220 e. The van der Waals surface area contributed by atoms with Crippen LogP contribution in [0.3, 0.4) is 0 Å². The number of hydrogen-bond acceptors (Lipinski definition) is 4. The van der Waals surface area contributed by atoms with Gasteiger partial charge in [-0.3, -0.25) is 9.59 Å². The van der Waals surface area contributed by atoms with E-state index in [1.807, 2.05) is 6.07 Å². The van der Waals surface area contributed by atoms with E-state index in [-0.39, 0.29) is 54.2 Å². The van der Waals surface area contributed by atoms with E-state index in [1.54, 1.807) is 31.2 Å². The first-order chi connectivity index (χ1) is 13.9. The van der Waals surface area contributed by atoms with Crippen molar-refractivity contribution in [2.24, 2.45) is 0 Å². The highest BCUT2D eigenvalue weighted by atomic mass is 19.1. The Bertz CT molecular complexity index is 1000. The Morgan fingerprint density at radius 2 is 1.90 bits per heavy atom. The summed E-state index contributed by atoms with van der Waals surface area (Å²) in [6.45, 7) is 1.76. The second kappa shape index (κ2) is 9.23. The molecule has 1 N–H and O–H groups in total. The van der Waals surface area contributed by atoms with Crippen molar-refractivity contribution < 1.29 is 22.8 Å². The third-order valence-corrected chi connectivity index (χ3v) is 4.31. The second-order valence-corrected chi connectivity index (χ2v) is 6.70. The highest BCUT2D eigenvalue weighted by Crippen LogP contribution is 2.24. The van der Waals surface area contributed by atoms with E-state index in [1.165, 1.54) is 12.3 Å². The first-order valence-corrected chi connectivity index (χ1v) is 9.20.